The van der Waals surface area contributed by atoms with Crippen molar-refractivity contribution >= 4 is 11.8 Å². The molecule has 1 N–H and O–H groups in total. The van der Waals surface area contributed by atoms with Crippen molar-refractivity contribution in [2.75, 3.05) is 12.3 Å². The lowest BCUT2D eigenvalue weighted by molar-refractivity contribution is -0.0328. The van der Waals surface area contributed by atoms with Crippen molar-refractivity contribution in [3.05, 3.63) is 12.2 Å². The number of rotatable bonds is 6. The number of hydrogen-bond donors (Lipinski definition) is 1. The summed E-state index contributed by atoms with van der Waals surface area (Å²) in [5.41, 5.74) is -4.18. The Balaban J connectivity index is 2.38. The third-order valence-corrected chi connectivity index (χ3v) is 2.51. The number of thioether (sulfide) groups is 1. The second-order valence-electron chi connectivity index (χ2n) is 2.97. The first-order valence-electron chi connectivity index (χ1n) is 4.81. The van der Waals surface area contributed by atoms with E-state index >= 15 is 0 Å². The van der Waals surface area contributed by atoms with Crippen LogP contribution in [0.4, 0.5) is 13.2 Å². The Labute approximate surface area is 95.6 Å². The van der Waals surface area contributed by atoms with Crippen molar-refractivity contribution in [2.45, 2.75) is 25.5 Å². The van der Waals surface area contributed by atoms with Crippen LogP contribution < -0.4 is 5.32 Å². The maximum absolute atomic E-state index is 11.9. The molecule has 0 spiro atoms. The van der Waals surface area contributed by atoms with Crippen LogP contribution in [0.5, 0.6) is 0 Å². The molecule has 0 aromatic carbocycles. The fraction of sp³-hybridized carbons (Fsp3) is 0.750. The topological polar surface area (TPSA) is 42.7 Å². The summed E-state index contributed by atoms with van der Waals surface area (Å²) in [7, 11) is 0. The number of aromatic nitrogens is 3. The van der Waals surface area contributed by atoms with Crippen LogP contribution in [0.15, 0.2) is 6.33 Å². The van der Waals surface area contributed by atoms with Gasteiger partial charge in [0, 0.05) is 5.75 Å². The van der Waals surface area contributed by atoms with Gasteiger partial charge in [-0.15, -0.1) is 0 Å². The normalized spacial score (nSPS) is 12.0. The predicted molar refractivity (Wildman–Crippen MR) is 55.9 cm³/mol. The van der Waals surface area contributed by atoms with E-state index in [0.29, 0.717) is 12.4 Å². The molecule has 1 aromatic heterocycles. The Hall–Kier alpha value is -0.760. The summed E-state index contributed by atoms with van der Waals surface area (Å²) in [4.78, 5) is 3.97. The zero-order valence-electron chi connectivity index (χ0n) is 8.79. The largest absolute Gasteiger partial charge is 0.441 e. The van der Waals surface area contributed by atoms with Gasteiger partial charge in [-0.1, -0.05) is 6.92 Å². The first kappa shape index (κ1) is 13.3. The molecule has 0 aliphatic heterocycles. The smallest absolute Gasteiger partial charge is 0.310 e. The standard InChI is InChI=1S/C8H13F3N4S/c1-2-12-5-7-13-6-14-15(7)3-4-16-8(9,10)11/h6,12H,2-5H2,1H3. The van der Waals surface area contributed by atoms with Gasteiger partial charge in [-0.25, -0.2) is 9.67 Å². The maximum atomic E-state index is 11.9. The van der Waals surface area contributed by atoms with Gasteiger partial charge in [-0.3, -0.25) is 0 Å². The van der Waals surface area contributed by atoms with E-state index in [2.05, 4.69) is 15.4 Å². The lowest BCUT2D eigenvalue weighted by Gasteiger charge is -2.07. The number of halogens is 3. The summed E-state index contributed by atoms with van der Waals surface area (Å²) in [5.74, 6) is 0.607. The third kappa shape index (κ3) is 4.84. The second-order valence-corrected chi connectivity index (χ2v) is 4.13. The van der Waals surface area contributed by atoms with Crippen molar-refractivity contribution in [1.82, 2.24) is 20.1 Å². The molecule has 0 aliphatic carbocycles. The van der Waals surface area contributed by atoms with Crippen molar-refractivity contribution < 1.29 is 13.2 Å². The third-order valence-electron chi connectivity index (χ3n) is 1.80. The van der Waals surface area contributed by atoms with Gasteiger partial charge in [0.1, 0.15) is 12.2 Å². The van der Waals surface area contributed by atoms with Gasteiger partial charge in [-0.05, 0) is 18.3 Å². The molecular formula is C8H13F3N4S. The van der Waals surface area contributed by atoms with Gasteiger partial charge >= 0.3 is 5.51 Å². The first-order valence-corrected chi connectivity index (χ1v) is 5.79. The number of nitrogens with zero attached hydrogens (tertiary/aromatic N) is 3. The van der Waals surface area contributed by atoms with Crippen LogP contribution in [0.25, 0.3) is 0 Å². The lowest BCUT2D eigenvalue weighted by atomic mass is 10.5. The van der Waals surface area contributed by atoms with Crippen LogP contribution in [-0.2, 0) is 13.1 Å². The number of nitrogens with one attached hydrogen (secondary N) is 1. The zero-order chi connectivity index (χ0) is 12.0. The Morgan fingerprint density at radius 2 is 2.25 bits per heavy atom. The van der Waals surface area contributed by atoms with Crippen molar-refractivity contribution in [2.24, 2.45) is 0 Å². The summed E-state index contributed by atoms with van der Waals surface area (Å²) in [6.45, 7) is 3.46. The van der Waals surface area contributed by atoms with Crippen LogP contribution in [-0.4, -0.2) is 32.6 Å². The lowest BCUT2D eigenvalue weighted by Crippen LogP contribution is -2.18. The second kappa shape index (κ2) is 6.09. The molecule has 0 bridgehead atoms. The van der Waals surface area contributed by atoms with E-state index in [0.717, 1.165) is 6.54 Å². The monoisotopic (exact) mass is 254 g/mol. The van der Waals surface area contributed by atoms with Crippen molar-refractivity contribution in [3.63, 3.8) is 0 Å². The molecular weight excluding hydrogens is 241 g/mol. The number of aryl methyl sites for hydroxylation is 1. The summed E-state index contributed by atoms with van der Waals surface area (Å²) in [6, 6.07) is 0. The number of alkyl halides is 3. The van der Waals surface area contributed by atoms with E-state index in [1.165, 1.54) is 11.0 Å². The minimum Gasteiger partial charge on any atom is -0.310 e. The first-order chi connectivity index (χ1) is 7.53. The Morgan fingerprint density at radius 1 is 1.50 bits per heavy atom. The predicted octanol–water partition coefficient (Wildman–Crippen LogP) is 1.64. The molecule has 0 aliphatic rings. The van der Waals surface area contributed by atoms with Gasteiger partial charge in [-0.2, -0.15) is 18.3 Å². The van der Waals surface area contributed by atoms with Crippen LogP contribution in [0.2, 0.25) is 0 Å². The quantitative estimate of drug-likeness (QED) is 0.838. The fourth-order valence-corrected chi connectivity index (χ4v) is 1.59. The molecule has 0 saturated heterocycles. The molecule has 16 heavy (non-hydrogen) atoms. The van der Waals surface area contributed by atoms with E-state index in [-0.39, 0.29) is 24.1 Å². The summed E-state index contributed by atoms with van der Waals surface area (Å²) in [5, 5.41) is 6.92. The van der Waals surface area contributed by atoms with Crippen LogP contribution >= 0.6 is 11.8 Å². The molecule has 1 heterocycles. The molecule has 0 unspecified atom stereocenters. The molecule has 1 rings (SSSR count). The van der Waals surface area contributed by atoms with E-state index < -0.39 is 5.51 Å². The molecule has 92 valence electrons. The summed E-state index contributed by atoms with van der Waals surface area (Å²) >= 11 is -0.0447. The molecule has 0 atom stereocenters. The number of hydrogen-bond acceptors (Lipinski definition) is 4. The van der Waals surface area contributed by atoms with Crippen LogP contribution in [0.1, 0.15) is 12.7 Å². The Kier molecular flexibility index (Phi) is 5.07. The highest BCUT2D eigenvalue weighted by atomic mass is 32.2. The molecule has 0 fully saturated rings. The molecule has 0 radical (unpaired) electrons. The van der Waals surface area contributed by atoms with Crippen LogP contribution in [0.3, 0.4) is 0 Å². The highest BCUT2D eigenvalue weighted by Gasteiger charge is 2.27. The highest BCUT2D eigenvalue weighted by Crippen LogP contribution is 2.29. The Morgan fingerprint density at radius 3 is 2.88 bits per heavy atom. The Bertz CT molecular complexity index is 312. The van der Waals surface area contributed by atoms with E-state index in [1.54, 1.807) is 0 Å². The molecule has 4 nitrogen and oxygen atoms in total. The van der Waals surface area contributed by atoms with E-state index in [9.17, 15) is 13.2 Å². The fourth-order valence-electron chi connectivity index (χ4n) is 1.10. The van der Waals surface area contributed by atoms with Gasteiger partial charge in [0.25, 0.3) is 0 Å². The molecule has 1 aromatic rings. The molecule has 0 saturated carbocycles. The summed E-state index contributed by atoms with van der Waals surface area (Å²) < 4.78 is 37.2. The molecule has 0 amide bonds. The van der Waals surface area contributed by atoms with E-state index in [1.807, 2.05) is 6.92 Å². The molecule has 8 heteroatoms. The average molecular weight is 254 g/mol. The van der Waals surface area contributed by atoms with E-state index in [4.69, 9.17) is 0 Å². The summed E-state index contributed by atoms with van der Waals surface area (Å²) in [6.07, 6.45) is 1.35. The van der Waals surface area contributed by atoms with Gasteiger partial charge < -0.3 is 5.32 Å². The van der Waals surface area contributed by atoms with Gasteiger partial charge in [0.2, 0.25) is 0 Å². The van der Waals surface area contributed by atoms with Gasteiger partial charge in [0.15, 0.2) is 0 Å². The minimum absolute atomic E-state index is 0.0447. The van der Waals surface area contributed by atoms with Gasteiger partial charge in [0.05, 0.1) is 13.1 Å². The highest BCUT2D eigenvalue weighted by molar-refractivity contribution is 8.00. The SMILES string of the molecule is CCNCc1ncnn1CCSC(F)(F)F. The minimum atomic E-state index is -4.18. The van der Waals surface area contributed by atoms with Crippen molar-refractivity contribution in [1.29, 1.82) is 0 Å². The zero-order valence-corrected chi connectivity index (χ0v) is 9.61. The van der Waals surface area contributed by atoms with Crippen LogP contribution in [0, 0.1) is 0 Å². The maximum Gasteiger partial charge on any atom is 0.441 e. The van der Waals surface area contributed by atoms with Crippen molar-refractivity contribution in [3.8, 4) is 0 Å². The average Bonchev–Trinajstić information content (AvgIpc) is 2.60.